The van der Waals surface area contributed by atoms with Gasteiger partial charge in [0.25, 0.3) is 5.91 Å². The van der Waals surface area contributed by atoms with Gasteiger partial charge in [0.15, 0.2) is 11.5 Å². The summed E-state index contributed by atoms with van der Waals surface area (Å²) in [6.45, 7) is 7.00. The van der Waals surface area contributed by atoms with E-state index < -0.39 is 11.9 Å². The number of hydrogen-bond donors (Lipinski definition) is 3. The first kappa shape index (κ1) is 23.1. The molecule has 3 rings (SSSR count). The molecule has 1 aliphatic rings. The number of carbonyl (C=O) groups excluding carboxylic acids is 2. The molecule has 1 saturated heterocycles. The first-order valence-corrected chi connectivity index (χ1v) is 10.4. The highest BCUT2D eigenvalue weighted by molar-refractivity contribution is 5.95. The molecule has 3 amide bonds. The zero-order valence-electron chi connectivity index (χ0n) is 18.5. The third kappa shape index (κ3) is 6.48. The van der Waals surface area contributed by atoms with Crippen molar-refractivity contribution in [2.45, 2.75) is 26.5 Å². The number of aromatic nitrogens is 1. The average Bonchev–Trinajstić information content (AvgIpc) is 2.81. The van der Waals surface area contributed by atoms with E-state index in [4.69, 9.17) is 14.2 Å². The van der Waals surface area contributed by atoms with Gasteiger partial charge in [-0.15, -0.1) is 0 Å². The van der Waals surface area contributed by atoms with Gasteiger partial charge in [-0.25, -0.2) is 15.2 Å². The molecule has 1 fully saturated rings. The van der Waals surface area contributed by atoms with Gasteiger partial charge in [-0.05, 0) is 49.7 Å². The summed E-state index contributed by atoms with van der Waals surface area (Å²) >= 11 is 0. The number of nitrogens with one attached hydrogen (secondary N) is 3. The topological polar surface area (TPSA) is 114 Å². The third-order valence-electron chi connectivity index (χ3n) is 4.68. The number of methoxy groups -OCH3 is 1. The van der Waals surface area contributed by atoms with Gasteiger partial charge < -0.3 is 24.4 Å². The van der Waals surface area contributed by atoms with E-state index in [0.717, 1.165) is 24.5 Å². The molecule has 32 heavy (non-hydrogen) atoms. The first-order chi connectivity index (χ1) is 15.5. The molecule has 0 aliphatic carbocycles. The lowest BCUT2D eigenvalue weighted by molar-refractivity contribution is 0.0935. The summed E-state index contributed by atoms with van der Waals surface area (Å²) < 4.78 is 16.3. The molecule has 0 unspecified atom stereocenters. The Labute approximate surface area is 187 Å². The molecule has 0 bridgehead atoms. The van der Waals surface area contributed by atoms with E-state index in [1.807, 2.05) is 26.0 Å². The number of ether oxygens (including phenoxy) is 3. The Bertz CT molecular complexity index is 931. The Morgan fingerprint density at radius 3 is 2.62 bits per heavy atom. The molecular weight excluding hydrogens is 414 g/mol. The number of anilines is 1. The molecule has 3 N–H and O–H groups in total. The van der Waals surface area contributed by atoms with Gasteiger partial charge in [0.2, 0.25) is 0 Å². The smallest absolute Gasteiger partial charge is 0.333 e. The zero-order valence-corrected chi connectivity index (χ0v) is 18.5. The van der Waals surface area contributed by atoms with E-state index in [-0.39, 0.29) is 12.6 Å². The molecule has 1 aromatic carbocycles. The minimum absolute atomic E-state index is 0.0284. The number of carbonyl (C=O) groups is 2. The number of benzene rings is 1. The zero-order chi connectivity index (χ0) is 22.9. The molecule has 2 aromatic rings. The summed E-state index contributed by atoms with van der Waals surface area (Å²) in [6, 6.07) is 8.03. The van der Waals surface area contributed by atoms with Gasteiger partial charge in [0, 0.05) is 31.4 Å². The van der Waals surface area contributed by atoms with Crippen LogP contribution in [0.3, 0.4) is 0 Å². The number of urea groups is 1. The van der Waals surface area contributed by atoms with Gasteiger partial charge in [-0.1, -0.05) is 0 Å². The number of morpholine rings is 1. The second-order valence-electron chi connectivity index (χ2n) is 7.42. The van der Waals surface area contributed by atoms with E-state index >= 15 is 0 Å². The average molecular weight is 444 g/mol. The maximum absolute atomic E-state index is 12.4. The van der Waals surface area contributed by atoms with Crippen LogP contribution in [-0.4, -0.2) is 56.4 Å². The summed E-state index contributed by atoms with van der Waals surface area (Å²) in [7, 11) is 1.50. The molecular formula is C22H29N5O5. The van der Waals surface area contributed by atoms with Gasteiger partial charge in [-0.3, -0.25) is 10.2 Å². The van der Waals surface area contributed by atoms with Crippen molar-refractivity contribution < 1.29 is 23.8 Å². The van der Waals surface area contributed by atoms with E-state index in [1.165, 1.54) is 7.11 Å². The van der Waals surface area contributed by atoms with Gasteiger partial charge >= 0.3 is 6.03 Å². The van der Waals surface area contributed by atoms with Crippen molar-refractivity contribution in [1.29, 1.82) is 0 Å². The van der Waals surface area contributed by atoms with E-state index in [2.05, 4.69) is 26.1 Å². The number of amides is 3. The second kappa shape index (κ2) is 11.2. The molecule has 1 aliphatic heterocycles. The maximum Gasteiger partial charge on any atom is 0.333 e. The molecule has 0 spiro atoms. The lowest BCUT2D eigenvalue weighted by atomic mass is 10.2. The van der Waals surface area contributed by atoms with Crippen molar-refractivity contribution in [2.24, 2.45) is 0 Å². The van der Waals surface area contributed by atoms with Crippen molar-refractivity contribution in [3.63, 3.8) is 0 Å². The standard InChI is InChI=1S/C22H29N5O5/c1-15(2)32-18-5-4-17(13-19(18)30-3)21(28)25-26-22(29)24-14-16-6-7-23-20(12-16)27-8-10-31-11-9-27/h4-7,12-13,15H,8-11,14H2,1-3H3,(H,25,28)(H2,24,26,29). The van der Waals surface area contributed by atoms with Gasteiger partial charge in [0.05, 0.1) is 26.4 Å². The molecule has 172 valence electrons. The van der Waals surface area contributed by atoms with E-state index in [1.54, 1.807) is 24.4 Å². The Morgan fingerprint density at radius 1 is 1.12 bits per heavy atom. The Balaban J connectivity index is 1.49. The summed E-state index contributed by atoms with van der Waals surface area (Å²) in [6.07, 6.45) is 1.68. The molecule has 0 saturated carbocycles. The third-order valence-corrected chi connectivity index (χ3v) is 4.68. The van der Waals surface area contributed by atoms with E-state index in [9.17, 15) is 9.59 Å². The quantitative estimate of drug-likeness (QED) is 0.560. The largest absolute Gasteiger partial charge is 0.493 e. The van der Waals surface area contributed by atoms with Crippen molar-refractivity contribution >= 4 is 17.8 Å². The molecule has 0 radical (unpaired) electrons. The van der Waals surface area contributed by atoms with Crippen LogP contribution < -0.4 is 30.5 Å². The lowest BCUT2D eigenvalue weighted by Crippen LogP contribution is -2.46. The summed E-state index contributed by atoms with van der Waals surface area (Å²) in [4.78, 5) is 31.0. The van der Waals surface area contributed by atoms with E-state index in [0.29, 0.717) is 30.3 Å². The van der Waals surface area contributed by atoms with Crippen LogP contribution in [0.25, 0.3) is 0 Å². The summed E-state index contributed by atoms with van der Waals surface area (Å²) in [5.74, 6) is 1.34. The van der Waals surface area contributed by atoms with Crippen LogP contribution in [-0.2, 0) is 11.3 Å². The number of rotatable bonds is 7. The van der Waals surface area contributed by atoms with Gasteiger partial charge in [0.1, 0.15) is 5.82 Å². The van der Waals surface area contributed by atoms with Crippen molar-refractivity contribution in [3.05, 3.63) is 47.7 Å². The monoisotopic (exact) mass is 443 g/mol. The number of nitrogens with zero attached hydrogens (tertiary/aromatic N) is 2. The second-order valence-corrected chi connectivity index (χ2v) is 7.42. The SMILES string of the molecule is COc1cc(C(=O)NNC(=O)NCc2ccnc(N3CCOCC3)c2)ccc1OC(C)C. The Morgan fingerprint density at radius 2 is 1.91 bits per heavy atom. The minimum Gasteiger partial charge on any atom is -0.493 e. The number of pyridine rings is 1. The van der Waals surface area contributed by atoms with Crippen molar-refractivity contribution in [1.82, 2.24) is 21.2 Å². The Hall–Kier alpha value is -3.53. The van der Waals surface area contributed by atoms with Crippen molar-refractivity contribution in [3.8, 4) is 11.5 Å². The fourth-order valence-corrected chi connectivity index (χ4v) is 3.11. The summed E-state index contributed by atoms with van der Waals surface area (Å²) in [5, 5.41) is 2.71. The molecule has 2 heterocycles. The normalized spacial score (nSPS) is 13.4. The predicted octanol–water partition coefficient (Wildman–Crippen LogP) is 1.86. The predicted molar refractivity (Wildman–Crippen MR) is 119 cm³/mol. The lowest BCUT2D eigenvalue weighted by Gasteiger charge is -2.28. The van der Waals surface area contributed by atoms with Crippen LogP contribution in [0.1, 0.15) is 29.8 Å². The minimum atomic E-state index is -0.533. The van der Waals surface area contributed by atoms with Crippen LogP contribution in [0.2, 0.25) is 0 Å². The molecule has 0 atom stereocenters. The first-order valence-electron chi connectivity index (χ1n) is 10.4. The fraction of sp³-hybridized carbons (Fsp3) is 0.409. The molecule has 10 heteroatoms. The van der Waals surface area contributed by atoms with Crippen LogP contribution >= 0.6 is 0 Å². The van der Waals surface area contributed by atoms with Crippen LogP contribution in [0.5, 0.6) is 11.5 Å². The van der Waals surface area contributed by atoms with Crippen LogP contribution in [0, 0.1) is 0 Å². The Kier molecular flexibility index (Phi) is 8.09. The maximum atomic E-state index is 12.4. The molecule has 10 nitrogen and oxygen atoms in total. The number of hydrogen-bond acceptors (Lipinski definition) is 7. The highest BCUT2D eigenvalue weighted by Gasteiger charge is 2.14. The van der Waals surface area contributed by atoms with Crippen molar-refractivity contribution in [2.75, 3.05) is 38.3 Å². The van der Waals surface area contributed by atoms with Crippen LogP contribution in [0.4, 0.5) is 10.6 Å². The number of hydrazine groups is 1. The fourth-order valence-electron chi connectivity index (χ4n) is 3.11. The molecule has 1 aromatic heterocycles. The summed E-state index contributed by atoms with van der Waals surface area (Å²) in [5.41, 5.74) is 5.95. The van der Waals surface area contributed by atoms with Crippen LogP contribution in [0.15, 0.2) is 36.5 Å². The van der Waals surface area contributed by atoms with Gasteiger partial charge in [-0.2, -0.15) is 0 Å². The highest BCUT2D eigenvalue weighted by atomic mass is 16.5. The highest BCUT2D eigenvalue weighted by Crippen LogP contribution is 2.28.